The van der Waals surface area contributed by atoms with Gasteiger partial charge in [-0.15, -0.1) is 0 Å². The Morgan fingerprint density at radius 3 is 1.97 bits per heavy atom. The van der Waals surface area contributed by atoms with Crippen LogP contribution in [-0.2, 0) is 27.4 Å². The fraction of sp³-hybridized carbons (Fsp3) is 0.250. The molecular weight excluding hydrogens is 493 g/mol. The number of methoxy groups -OCH3 is 1. The van der Waals surface area contributed by atoms with Crippen molar-refractivity contribution in [1.82, 2.24) is 0 Å². The zero-order chi connectivity index (χ0) is 25.8. The van der Waals surface area contributed by atoms with Crippen LogP contribution in [-0.4, -0.2) is 25.3 Å². The summed E-state index contributed by atoms with van der Waals surface area (Å²) in [5, 5.41) is 0. The van der Waals surface area contributed by atoms with E-state index >= 15 is 0 Å². The second kappa shape index (κ2) is 10.7. The number of sulfonamides is 1. The predicted octanol–water partition coefficient (Wildman–Crippen LogP) is 5.19. The molecule has 3 aromatic carbocycles. The summed E-state index contributed by atoms with van der Waals surface area (Å²) >= 11 is 0. The van der Waals surface area contributed by atoms with Gasteiger partial charge in [0.15, 0.2) is 5.75 Å². The summed E-state index contributed by atoms with van der Waals surface area (Å²) in [6.07, 6.45) is 0.802. The third-order valence-corrected chi connectivity index (χ3v) is 7.05. The minimum absolute atomic E-state index is 0.00360. The van der Waals surface area contributed by atoms with E-state index in [2.05, 4.69) is 4.72 Å². The summed E-state index contributed by atoms with van der Waals surface area (Å²) in [5.41, 5.74) is 2.01. The van der Waals surface area contributed by atoms with Crippen molar-refractivity contribution in [3.05, 3.63) is 71.3 Å². The number of nitrogens with one attached hydrogen (secondary N) is 1. The van der Waals surface area contributed by atoms with E-state index in [9.17, 15) is 22.8 Å². The fourth-order valence-electron chi connectivity index (χ4n) is 3.59. The number of aryl methyl sites for hydroxylation is 1. The minimum atomic E-state index is -5.03. The van der Waals surface area contributed by atoms with Crippen molar-refractivity contribution in [3.8, 4) is 23.0 Å². The lowest BCUT2D eigenvalue weighted by Crippen LogP contribution is -2.16. The van der Waals surface area contributed by atoms with Gasteiger partial charge < -0.3 is 14.0 Å². The Morgan fingerprint density at radius 2 is 1.46 bits per heavy atom. The van der Waals surface area contributed by atoms with E-state index in [0.717, 1.165) is 5.56 Å². The third-order valence-electron chi connectivity index (χ3n) is 5.25. The molecule has 0 heterocycles. The van der Waals surface area contributed by atoms with E-state index < -0.39 is 17.8 Å². The molecule has 3 N–H and O–H groups in total. The van der Waals surface area contributed by atoms with E-state index in [1.807, 2.05) is 13.8 Å². The van der Waals surface area contributed by atoms with Gasteiger partial charge in [0.1, 0.15) is 17.2 Å². The van der Waals surface area contributed by atoms with Crippen LogP contribution >= 0.6 is 7.82 Å². The predicted molar refractivity (Wildman–Crippen MR) is 133 cm³/mol. The lowest BCUT2D eigenvalue weighted by atomic mass is 9.99. The van der Waals surface area contributed by atoms with E-state index in [-0.39, 0.29) is 22.1 Å². The van der Waals surface area contributed by atoms with Crippen LogP contribution in [0.25, 0.3) is 0 Å². The molecular formula is C24H28NO8PS. The molecule has 0 aromatic heterocycles. The van der Waals surface area contributed by atoms with Gasteiger partial charge in [-0.25, -0.2) is 13.0 Å². The molecule has 0 bridgehead atoms. The second-order valence-corrected chi connectivity index (χ2v) is 10.5. The summed E-state index contributed by atoms with van der Waals surface area (Å²) in [6.45, 7) is 5.51. The van der Waals surface area contributed by atoms with E-state index in [1.54, 1.807) is 50.4 Å². The Hall–Kier alpha value is -3.04. The van der Waals surface area contributed by atoms with Crippen LogP contribution < -0.4 is 18.7 Å². The molecule has 3 rings (SSSR count). The van der Waals surface area contributed by atoms with Crippen LogP contribution in [0.2, 0.25) is 0 Å². The lowest BCUT2D eigenvalue weighted by molar-refractivity contribution is 0.283. The first kappa shape index (κ1) is 26.6. The maximum Gasteiger partial charge on any atom is 0.524 e. The average Bonchev–Trinajstić information content (AvgIpc) is 2.80. The van der Waals surface area contributed by atoms with Gasteiger partial charge >= 0.3 is 7.82 Å². The van der Waals surface area contributed by atoms with Crippen molar-refractivity contribution >= 4 is 23.5 Å². The summed E-state index contributed by atoms with van der Waals surface area (Å²) in [6, 6.07) is 14.3. The van der Waals surface area contributed by atoms with Gasteiger partial charge in [-0.1, -0.05) is 31.5 Å². The summed E-state index contributed by atoms with van der Waals surface area (Å²) < 4.78 is 56.6. The van der Waals surface area contributed by atoms with Crippen LogP contribution in [0.4, 0.5) is 5.69 Å². The maximum absolute atomic E-state index is 13.1. The van der Waals surface area contributed by atoms with Gasteiger partial charge in [-0.2, -0.15) is 0 Å². The Morgan fingerprint density at radius 1 is 0.886 bits per heavy atom. The quantitative estimate of drug-likeness (QED) is 0.311. The van der Waals surface area contributed by atoms with Gasteiger partial charge in [-0.3, -0.25) is 14.5 Å². The highest BCUT2D eigenvalue weighted by atomic mass is 32.2. The molecule has 9 nitrogen and oxygen atoms in total. The lowest BCUT2D eigenvalue weighted by Gasteiger charge is -2.22. The van der Waals surface area contributed by atoms with Crippen molar-refractivity contribution < 1.29 is 36.8 Å². The van der Waals surface area contributed by atoms with Gasteiger partial charge in [0.05, 0.1) is 17.7 Å². The largest absolute Gasteiger partial charge is 0.524 e. The van der Waals surface area contributed by atoms with Crippen LogP contribution in [0.1, 0.15) is 30.5 Å². The fourth-order valence-corrected chi connectivity index (χ4v) is 5.09. The topological polar surface area (TPSA) is 131 Å². The number of ether oxygens (including phenoxy) is 2. The Kier molecular flexibility index (Phi) is 8.12. The molecule has 0 atom stereocenters. The summed E-state index contributed by atoms with van der Waals surface area (Å²) in [5.74, 6) is 1.04. The zero-order valence-electron chi connectivity index (χ0n) is 19.8. The molecule has 0 saturated heterocycles. The molecule has 3 aromatic rings. The molecule has 0 amide bonds. The number of phosphoric acid groups is 1. The van der Waals surface area contributed by atoms with E-state index in [4.69, 9.17) is 14.0 Å². The molecule has 0 aliphatic rings. The Balaban J connectivity index is 2.15. The molecule has 0 fully saturated rings. The monoisotopic (exact) mass is 521 g/mol. The average molecular weight is 522 g/mol. The first-order chi connectivity index (χ1) is 16.5. The van der Waals surface area contributed by atoms with Gasteiger partial charge in [-0.05, 0) is 61.7 Å². The number of hydrogen-bond donors (Lipinski definition) is 3. The van der Waals surface area contributed by atoms with Crippen molar-refractivity contribution in [2.75, 3.05) is 11.8 Å². The van der Waals surface area contributed by atoms with Gasteiger partial charge in [0, 0.05) is 11.6 Å². The van der Waals surface area contributed by atoms with Crippen molar-refractivity contribution in [1.29, 1.82) is 0 Å². The van der Waals surface area contributed by atoms with Crippen molar-refractivity contribution in [3.63, 3.8) is 0 Å². The zero-order valence-corrected chi connectivity index (χ0v) is 21.5. The highest BCUT2D eigenvalue weighted by Crippen LogP contribution is 2.47. The first-order valence-electron chi connectivity index (χ1n) is 10.8. The molecule has 11 heteroatoms. The smallest absolute Gasteiger partial charge is 0.497 e. The maximum atomic E-state index is 13.1. The highest BCUT2D eigenvalue weighted by Gasteiger charge is 2.27. The molecule has 0 radical (unpaired) electrons. The second-order valence-electron chi connectivity index (χ2n) is 7.69. The number of phosphoric ester groups is 1. The Labute approximate surface area is 205 Å². The number of hydrogen-bond acceptors (Lipinski definition) is 6. The summed E-state index contributed by atoms with van der Waals surface area (Å²) in [7, 11) is -7.57. The van der Waals surface area contributed by atoms with Crippen molar-refractivity contribution in [2.24, 2.45) is 0 Å². The number of anilines is 1. The van der Waals surface area contributed by atoms with Crippen LogP contribution in [0, 0.1) is 6.92 Å². The highest BCUT2D eigenvalue weighted by molar-refractivity contribution is 7.92. The molecule has 188 valence electrons. The van der Waals surface area contributed by atoms with Crippen LogP contribution in [0.15, 0.2) is 59.5 Å². The molecule has 0 saturated carbocycles. The minimum Gasteiger partial charge on any atom is -0.497 e. The van der Waals surface area contributed by atoms with Gasteiger partial charge in [0.25, 0.3) is 10.0 Å². The Bertz CT molecular complexity index is 1330. The SMILES string of the molecule is CCc1c(Oc2ccc(OC)cc2)cc(OP(=O)(O)O)c(NS(=O)(=O)c2ccc(C)cc2)c1CC. The molecule has 0 aliphatic carbocycles. The normalized spacial score (nSPS) is 11.7. The number of rotatable bonds is 10. The van der Waals surface area contributed by atoms with Crippen LogP contribution in [0.5, 0.6) is 23.0 Å². The number of benzene rings is 3. The molecule has 0 unspecified atom stereocenters. The van der Waals surface area contributed by atoms with Gasteiger partial charge in [0.2, 0.25) is 0 Å². The van der Waals surface area contributed by atoms with Crippen LogP contribution in [0.3, 0.4) is 0 Å². The van der Waals surface area contributed by atoms with E-state index in [1.165, 1.54) is 18.2 Å². The third kappa shape index (κ3) is 6.55. The summed E-state index contributed by atoms with van der Waals surface area (Å²) in [4.78, 5) is 19.1. The molecule has 0 spiro atoms. The molecule has 35 heavy (non-hydrogen) atoms. The molecule has 0 aliphatic heterocycles. The first-order valence-corrected chi connectivity index (χ1v) is 13.8. The van der Waals surface area contributed by atoms with E-state index in [0.29, 0.717) is 35.5 Å². The van der Waals surface area contributed by atoms with Crippen molar-refractivity contribution in [2.45, 2.75) is 38.5 Å². The standard InChI is InChI=1S/C24H28NO8PS/c1-5-20-21(6-2)24(25-35(29,30)19-13-7-16(3)8-14-19)23(33-34(26,27)28)15-22(20)32-18-11-9-17(31-4)10-12-18/h7-15,25H,5-6H2,1-4H3,(H2,26,27,28).